The van der Waals surface area contributed by atoms with Crippen LogP contribution in [0.1, 0.15) is 12.5 Å². The van der Waals surface area contributed by atoms with Gasteiger partial charge in [-0.15, -0.1) is 0 Å². The Balaban J connectivity index is 1.41. The van der Waals surface area contributed by atoms with E-state index in [1.165, 1.54) is 0 Å². The van der Waals surface area contributed by atoms with Crippen LogP contribution in [-0.4, -0.2) is 69.2 Å². The van der Waals surface area contributed by atoms with E-state index >= 15 is 0 Å². The number of aliphatic hydroxyl groups excluding tert-OH is 1. The molecule has 1 heterocycles. The fraction of sp³-hybridized carbons (Fsp3) is 0.478. The summed E-state index contributed by atoms with van der Waals surface area (Å²) in [7, 11) is 1.65. The van der Waals surface area contributed by atoms with Gasteiger partial charge in [-0.1, -0.05) is 30.3 Å². The molecule has 1 aliphatic heterocycles. The number of ether oxygens (including phenoxy) is 3. The molecule has 6 nitrogen and oxygen atoms in total. The Morgan fingerprint density at radius 1 is 0.966 bits per heavy atom. The number of anilines is 1. The molecular weight excluding hydrogens is 368 g/mol. The molecule has 0 aromatic heterocycles. The van der Waals surface area contributed by atoms with Crippen molar-refractivity contribution in [3.63, 3.8) is 0 Å². The molecule has 6 heteroatoms. The molecule has 0 unspecified atom stereocenters. The summed E-state index contributed by atoms with van der Waals surface area (Å²) in [4.78, 5) is 4.64. The Kier molecular flexibility index (Phi) is 8.16. The van der Waals surface area contributed by atoms with Crippen LogP contribution in [0.4, 0.5) is 5.69 Å². The van der Waals surface area contributed by atoms with E-state index < -0.39 is 6.10 Å². The van der Waals surface area contributed by atoms with Gasteiger partial charge in [0.15, 0.2) is 0 Å². The largest absolute Gasteiger partial charge is 0.496 e. The molecule has 0 aliphatic carbocycles. The minimum absolute atomic E-state index is 0.311. The third-order valence-corrected chi connectivity index (χ3v) is 5.11. The monoisotopic (exact) mass is 400 g/mol. The first-order chi connectivity index (χ1) is 14.2. The Hall–Kier alpha value is -2.28. The highest BCUT2D eigenvalue weighted by atomic mass is 16.5. The average molecular weight is 401 g/mol. The van der Waals surface area contributed by atoms with Crippen LogP contribution in [0.2, 0.25) is 0 Å². The van der Waals surface area contributed by atoms with Crippen LogP contribution in [0.25, 0.3) is 0 Å². The van der Waals surface area contributed by atoms with Crippen LogP contribution in [-0.2, 0) is 11.3 Å². The molecule has 0 bridgehead atoms. The minimum Gasteiger partial charge on any atom is -0.496 e. The van der Waals surface area contributed by atoms with Crippen molar-refractivity contribution in [1.29, 1.82) is 0 Å². The van der Waals surface area contributed by atoms with Gasteiger partial charge in [0.25, 0.3) is 0 Å². The topological polar surface area (TPSA) is 54.4 Å². The lowest BCUT2D eigenvalue weighted by atomic mass is 10.2. The van der Waals surface area contributed by atoms with E-state index in [1.807, 2.05) is 49.4 Å². The summed E-state index contributed by atoms with van der Waals surface area (Å²) >= 11 is 0. The lowest BCUT2D eigenvalue weighted by Crippen LogP contribution is -2.49. The normalized spacial score (nSPS) is 15.9. The van der Waals surface area contributed by atoms with Crippen molar-refractivity contribution < 1.29 is 19.3 Å². The third kappa shape index (κ3) is 6.10. The molecule has 29 heavy (non-hydrogen) atoms. The highest BCUT2D eigenvalue weighted by Crippen LogP contribution is 2.28. The summed E-state index contributed by atoms with van der Waals surface area (Å²) < 4.78 is 16.8. The van der Waals surface area contributed by atoms with Crippen molar-refractivity contribution in [3.05, 3.63) is 54.1 Å². The number of benzene rings is 2. The van der Waals surface area contributed by atoms with Gasteiger partial charge in [0, 0.05) is 38.3 Å². The van der Waals surface area contributed by atoms with E-state index in [9.17, 15) is 5.11 Å². The lowest BCUT2D eigenvalue weighted by molar-refractivity contribution is 0.00865. The smallest absolute Gasteiger partial charge is 0.142 e. The molecule has 1 aliphatic rings. The summed E-state index contributed by atoms with van der Waals surface area (Å²) in [6.45, 7) is 7.68. The van der Waals surface area contributed by atoms with E-state index in [0.717, 1.165) is 48.9 Å². The van der Waals surface area contributed by atoms with Gasteiger partial charge in [-0.2, -0.15) is 0 Å². The van der Waals surface area contributed by atoms with E-state index in [0.29, 0.717) is 26.4 Å². The molecule has 0 spiro atoms. The molecule has 2 aromatic rings. The number of hydrogen-bond acceptors (Lipinski definition) is 6. The zero-order chi connectivity index (χ0) is 20.5. The predicted molar refractivity (Wildman–Crippen MR) is 115 cm³/mol. The maximum atomic E-state index is 10.4. The Bertz CT molecular complexity index is 747. The van der Waals surface area contributed by atoms with Crippen LogP contribution in [0.3, 0.4) is 0 Å². The predicted octanol–water partition coefficient (Wildman–Crippen LogP) is 2.79. The van der Waals surface area contributed by atoms with Crippen LogP contribution < -0.4 is 14.4 Å². The standard InChI is InChI=1S/C23H32N2O4/c1-3-29-23-11-7-5-9-21(23)25-14-12-24(13-15-25)16-20(26)18-28-17-19-8-4-6-10-22(19)27-2/h4-11,20,26H,3,12-18H2,1-2H3/t20-/m1/s1. The Labute approximate surface area is 173 Å². The summed E-state index contributed by atoms with van der Waals surface area (Å²) in [6, 6.07) is 16.0. The fourth-order valence-corrected chi connectivity index (χ4v) is 3.65. The van der Waals surface area contributed by atoms with E-state index in [2.05, 4.69) is 15.9 Å². The zero-order valence-electron chi connectivity index (χ0n) is 17.4. The van der Waals surface area contributed by atoms with Gasteiger partial charge in [-0.05, 0) is 25.1 Å². The molecule has 3 rings (SSSR count). The van der Waals surface area contributed by atoms with Crippen molar-refractivity contribution >= 4 is 5.69 Å². The average Bonchev–Trinajstić information content (AvgIpc) is 2.75. The zero-order valence-corrected chi connectivity index (χ0v) is 17.4. The van der Waals surface area contributed by atoms with Crippen LogP contribution in [0.5, 0.6) is 11.5 Å². The number of methoxy groups -OCH3 is 1. The molecule has 1 atom stereocenters. The summed E-state index contributed by atoms with van der Waals surface area (Å²) in [6.07, 6.45) is -0.507. The molecule has 1 saturated heterocycles. The van der Waals surface area contributed by atoms with E-state index in [1.54, 1.807) is 7.11 Å². The Morgan fingerprint density at radius 3 is 2.38 bits per heavy atom. The van der Waals surface area contributed by atoms with Crippen LogP contribution >= 0.6 is 0 Å². The maximum Gasteiger partial charge on any atom is 0.142 e. The molecule has 0 radical (unpaired) electrons. The molecule has 158 valence electrons. The molecule has 1 N–H and O–H groups in total. The van der Waals surface area contributed by atoms with Crippen molar-refractivity contribution in [3.8, 4) is 11.5 Å². The second kappa shape index (κ2) is 11.0. The van der Waals surface area contributed by atoms with Gasteiger partial charge in [0.1, 0.15) is 11.5 Å². The number of para-hydroxylation sites is 3. The van der Waals surface area contributed by atoms with Gasteiger partial charge < -0.3 is 24.2 Å². The first-order valence-corrected chi connectivity index (χ1v) is 10.3. The second-order valence-electron chi connectivity index (χ2n) is 7.17. The maximum absolute atomic E-state index is 10.4. The number of rotatable bonds is 10. The summed E-state index contributed by atoms with van der Waals surface area (Å²) in [5.74, 6) is 1.75. The van der Waals surface area contributed by atoms with Gasteiger partial charge in [-0.3, -0.25) is 4.90 Å². The van der Waals surface area contributed by atoms with E-state index in [4.69, 9.17) is 14.2 Å². The Morgan fingerprint density at radius 2 is 1.66 bits per heavy atom. The highest BCUT2D eigenvalue weighted by Gasteiger charge is 2.21. The first kappa shape index (κ1) is 21.4. The quantitative estimate of drug-likeness (QED) is 0.662. The number of β-amino-alcohol motifs (C(OH)–C–C–N with tert-alkyl or cyclic N) is 1. The van der Waals surface area contributed by atoms with E-state index in [-0.39, 0.29) is 0 Å². The second-order valence-corrected chi connectivity index (χ2v) is 7.17. The number of aliphatic hydroxyl groups is 1. The third-order valence-electron chi connectivity index (χ3n) is 5.11. The fourth-order valence-electron chi connectivity index (χ4n) is 3.65. The minimum atomic E-state index is -0.507. The van der Waals surface area contributed by atoms with Gasteiger partial charge in [-0.25, -0.2) is 0 Å². The van der Waals surface area contributed by atoms with Gasteiger partial charge >= 0.3 is 0 Å². The lowest BCUT2D eigenvalue weighted by Gasteiger charge is -2.37. The van der Waals surface area contributed by atoms with Crippen molar-refractivity contribution in [1.82, 2.24) is 4.90 Å². The molecular formula is C23H32N2O4. The van der Waals surface area contributed by atoms with Crippen molar-refractivity contribution in [2.75, 3.05) is 57.9 Å². The van der Waals surface area contributed by atoms with Crippen LogP contribution in [0, 0.1) is 0 Å². The van der Waals surface area contributed by atoms with Crippen LogP contribution in [0.15, 0.2) is 48.5 Å². The number of hydrogen-bond donors (Lipinski definition) is 1. The molecule has 0 saturated carbocycles. The number of piperazine rings is 1. The first-order valence-electron chi connectivity index (χ1n) is 10.3. The van der Waals surface area contributed by atoms with Gasteiger partial charge in [0.05, 0.1) is 38.7 Å². The molecule has 0 amide bonds. The molecule has 1 fully saturated rings. The highest BCUT2D eigenvalue weighted by molar-refractivity contribution is 5.58. The summed E-state index contributed by atoms with van der Waals surface area (Å²) in [5, 5.41) is 10.4. The number of nitrogens with zero attached hydrogens (tertiary/aromatic N) is 2. The van der Waals surface area contributed by atoms with Crippen molar-refractivity contribution in [2.45, 2.75) is 19.6 Å². The molecule has 2 aromatic carbocycles. The summed E-state index contributed by atoms with van der Waals surface area (Å²) in [5.41, 5.74) is 2.14. The van der Waals surface area contributed by atoms with Crippen molar-refractivity contribution in [2.24, 2.45) is 0 Å². The van der Waals surface area contributed by atoms with Gasteiger partial charge in [0.2, 0.25) is 0 Å². The SMILES string of the molecule is CCOc1ccccc1N1CCN(C[C@@H](O)COCc2ccccc2OC)CC1.